The van der Waals surface area contributed by atoms with Crippen LogP contribution >= 0.6 is 0 Å². The lowest BCUT2D eigenvalue weighted by atomic mass is 10.1. The van der Waals surface area contributed by atoms with E-state index >= 15 is 0 Å². The Hall–Kier alpha value is -1.99. The molecule has 1 aromatic carbocycles. The van der Waals surface area contributed by atoms with Crippen LogP contribution in [0.1, 0.15) is 18.4 Å². The van der Waals surface area contributed by atoms with Crippen LogP contribution in [-0.4, -0.2) is 87.7 Å². The Morgan fingerprint density at radius 1 is 0.852 bits per heavy atom. The fourth-order valence-electron chi connectivity index (χ4n) is 3.85. The van der Waals surface area contributed by atoms with Gasteiger partial charge in [0.1, 0.15) is 0 Å². The number of piperazine rings is 1. The maximum atomic E-state index is 12.3. The van der Waals surface area contributed by atoms with Gasteiger partial charge in [0.05, 0.1) is 27.9 Å². The average molecular weight is 377 g/mol. The van der Waals surface area contributed by atoms with Gasteiger partial charge >= 0.3 is 0 Å². The molecule has 0 bridgehead atoms. The van der Waals surface area contributed by atoms with Gasteiger partial charge in [0.2, 0.25) is 11.7 Å². The highest BCUT2D eigenvalue weighted by Crippen LogP contribution is 2.38. The first kappa shape index (κ1) is 19.8. The lowest BCUT2D eigenvalue weighted by Crippen LogP contribution is -2.49. The normalized spacial score (nSPS) is 18.6. The molecule has 0 spiro atoms. The predicted molar refractivity (Wildman–Crippen MR) is 104 cm³/mol. The third-order valence-electron chi connectivity index (χ3n) is 5.41. The average Bonchev–Trinajstić information content (AvgIpc) is 3.23. The molecule has 7 nitrogen and oxygen atoms in total. The molecule has 0 unspecified atom stereocenters. The standard InChI is InChI=1S/C20H31N3O4/c1-25-17-12-16(13-18(26-2)20(17)27-3)14-21-8-10-22(11-9-21)15-19(24)23-6-4-5-7-23/h12-13H,4-11,14-15H2,1-3H3. The van der Waals surface area contributed by atoms with E-state index in [1.807, 2.05) is 17.0 Å². The molecular weight excluding hydrogens is 346 g/mol. The lowest BCUT2D eigenvalue weighted by Gasteiger charge is -2.35. The zero-order valence-electron chi connectivity index (χ0n) is 16.7. The molecule has 0 N–H and O–H groups in total. The van der Waals surface area contributed by atoms with Crippen LogP contribution in [0.2, 0.25) is 0 Å². The van der Waals surface area contributed by atoms with Crippen molar-refractivity contribution in [2.24, 2.45) is 0 Å². The third-order valence-corrected chi connectivity index (χ3v) is 5.41. The molecule has 0 radical (unpaired) electrons. The van der Waals surface area contributed by atoms with Crippen LogP contribution in [0.4, 0.5) is 0 Å². The first-order valence-corrected chi connectivity index (χ1v) is 9.66. The first-order chi connectivity index (χ1) is 13.1. The molecule has 7 heteroatoms. The molecule has 0 aromatic heterocycles. The molecule has 2 fully saturated rings. The second-order valence-electron chi connectivity index (χ2n) is 7.17. The second kappa shape index (κ2) is 9.28. The molecule has 1 aromatic rings. The molecule has 2 saturated heterocycles. The van der Waals surface area contributed by atoms with E-state index in [1.165, 1.54) is 0 Å². The summed E-state index contributed by atoms with van der Waals surface area (Å²) >= 11 is 0. The van der Waals surface area contributed by atoms with Crippen LogP contribution in [0.15, 0.2) is 12.1 Å². The van der Waals surface area contributed by atoms with Gasteiger partial charge in [-0.15, -0.1) is 0 Å². The zero-order chi connectivity index (χ0) is 19.2. The molecule has 0 saturated carbocycles. The number of ether oxygens (including phenoxy) is 3. The molecule has 0 atom stereocenters. The van der Waals surface area contributed by atoms with Gasteiger partial charge in [-0.05, 0) is 30.5 Å². The highest BCUT2D eigenvalue weighted by atomic mass is 16.5. The minimum absolute atomic E-state index is 0.283. The third kappa shape index (κ3) is 4.84. The van der Waals surface area contributed by atoms with Gasteiger partial charge in [-0.1, -0.05) is 0 Å². The summed E-state index contributed by atoms with van der Waals surface area (Å²) in [4.78, 5) is 19.0. The smallest absolute Gasteiger partial charge is 0.236 e. The number of nitrogens with zero attached hydrogens (tertiary/aromatic N) is 3. The summed E-state index contributed by atoms with van der Waals surface area (Å²) in [5.74, 6) is 2.27. The molecule has 2 heterocycles. The summed E-state index contributed by atoms with van der Waals surface area (Å²) in [6, 6.07) is 4.01. The Bertz CT molecular complexity index is 613. The van der Waals surface area contributed by atoms with Crippen LogP contribution < -0.4 is 14.2 Å². The van der Waals surface area contributed by atoms with Gasteiger partial charge in [-0.2, -0.15) is 0 Å². The monoisotopic (exact) mass is 377 g/mol. The van der Waals surface area contributed by atoms with Crippen molar-refractivity contribution in [3.05, 3.63) is 17.7 Å². The number of rotatable bonds is 7. The highest BCUT2D eigenvalue weighted by molar-refractivity contribution is 5.78. The number of hydrogen-bond acceptors (Lipinski definition) is 6. The Labute approximate surface area is 161 Å². The van der Waals surface area contributed by atoms with Crippen LogP contribution in [0.5, 0.6) is 17.2 Å². The largest absolute Gasteiger partial charge is 0.493 e. The minimum atomic E-state index is 0.283. The summed E-state index contributed by atoms with van der Waals surface area (Å²) in [6.07, 6.45) is 2.29. The van der Waals surface area contributed by atoms with E-state index in [2.05, 4.69) is 9.80 Å². The Kier molecular flexibility index (Phi) is 6.79. The Balaban J connectivity index is 1.53. The lowest BCUT2D eigenvalue weighted by molar-refractivity contribution is -0.131. The van der Waals surface area contributed by atoms with Crippen LogP contribution in [-0.2, 0) is 11.3 Å². The number of benzene rings is 1. The van der Waals surface area contributed by atoms with E-state index in [4.69, 9.17) is 14.2 Å². The maximum Gasteiger partial charge on any atom is 0.236 e. The fraction of sp³-hybridized carbons (Fsp3) is 0.650. The molecule has 2 aliphatic heterocycles. The van der Waals surface area contributed by atoms with Gasteiger partial charge < -0.3 is 19.1 Å². The minimum Gasteiger partial charge on any atom is -0.493 e. The molecule has 150 valence electrons. The number of carbonyl (C=O) groups excluding carboxylic acids is 1. The van der Waals surface area contributed by atoms with Crippen molar-refractivity contribution in [1.82, 2.24) is 14.7 Å². The topological polar surface area (TPSA) is 54.5 Å². The van der Waals surface area contributed by atoms with Crippen molar-refractivity contribution in [3.63, 3.8) is 0 Å². The van der Waals surface area contributed by atoms with Crippen molar-refractivity contribution >= 4 is 5.91 Å². The fourth-order valence-corrected chi connectivity index (χ4v) is 3.85. The molecule has 2 aliphatic rings. The van der Waals surface area contributed by atoms with E-state index in [1.54, 1.807) is 21.3 Å². The Morgan fingerprint density at radius 3 is 1.93 bits per heavy atom. The zero-order valence-corrected chi connectivity index (χ0v) is 16.7. The summed E-state index contributed by atoms with van der Waals surface area (Å²) in [6.45, 7) is 6.98. The number of amides is 1. The van der Waals surface area contributed by atoms with Crippen molar-refractivity contribution in [2.75, 3.05) is 67.1 Å². The van der Waals surface area contributed by atoms with Gasteiger partial charge in [0.25, 0.3) is 0 Å². The van der Waals surface area contributed by atoms with E-state index in [0.717, 1.165) is 64.2 Å². The Morgan fingerprint density at radius 2 is 1.41 bits per heavy atom. The van der Waals surface area contributed by atoms with E-state index in [9.17, 15) is 4.79 Å². The summed E-state index contributed by atoms with van der Waals surface area (Å²) in [7, 11) is 4.89. The quantitative estimate of drug-likeness (QED) is 0.717. The van der Waals surface area contributed by atoms with Crippen LogP contribution in [0.3, 0.4) is 0 Å². The summed E-state index contributed by atoms with van der Waals surface area (Å²) < 4.78 is 16.3. The molecule has 0 aliphatic carbocycles. The highest BCUT2D eigenvalue weighted by Gasteiger charge is 2.24. The van der Waals surface area contributed by atoms with E-state index in [-0.39, 0.29) is 5.91 Å². The predicted octanol–water partition coefficient (Wildman–Crippen LogP) is 1.45. The number of carbonyl (C=O) groups is 1. The van der Waals surface area contributed by atoms with Gasteiger partial charge in [0.15, 0.2) is 11.5 Å². The van der Waals surface area contributed by atoms with Crippen LogP contribution in [0.25, 0.3) is 0 Å². The van der Waals surface area contributed by atoms with Gasteiger partial charge in [-0.25, -0.2) is 0 Å². The SMILES string of the molecule is COc1cc(CN2CCN(CC(=O)N3CCCC3)CC2)cc(OC)c1OC. The van der Waals surface area contributed by atoms with Crippen molar-refractivity contribution < 1.29 is 19.0 Å². The number of likely N-dealkylation sites (tertiary alicyclic amines) is 1. The molecule has 3 rings (SSSR count). The second-order valence-corrected chi connectivity index (χ2v) is 7.17. The van der Waals surface area contributed by atoms with E-state index in [0.29, 0.717) is 23.8 Å². The van der Waals surface area contributed by atoms with Gasteiger partial charge in [-0.3, -0.25) is 14.6 Å². The summed E-state index contributed by atoms with van der Waals surface area (Å²) in [5, 5.41) is 0. The van der Waals surface area contributed by atoms with Crippen molar-refractivity contribution in [2.45, 2.75) is 19.4 Å². The summed E-state index contributed by atoms with van der Waals surface area (Å²) in [5.41, 5.74) is 1.13. The maximum absolute atomic E-state index is 12.3. The molecular formula is C20H31N3O4. The van der Waals surface area contributed by atoms with Crippen molar-refractivity contribution in [1.29, 1.82) is 0 Å². The van der Waals surface area contributed by atoms with Crippen molar-refractivity contribution in [3.8, 4) is 17.2 Å². The first-order valence-electron chi connectivity index (χ1n) is 9.66. The van der Waals surface area contributed by atoms with Crippen LogP contribution in [0, 0.1) is 0 Å². The molecule has 1 amide bonds. The number of methoxy groups -OCH3 is 3. The number of hydrogen-bond donors (Lipinski definition) is 0. The van der Waals surface area contributed by atoms with Gasteiger partial charge in [0, 0.05) is 45.8 Å². The van der Waals surface area contributed by atoms with E-state index < -0.39 is 0 Å². The molecule has 27 heavy (non-hydrogen) atoms.